The van der Waals surface area contributed by atoms with Crippen molar-refractivity contribution in [3.63, 3.8) is 0 Å². The molecule has 2 aromatic rings. The molecule has 4 heteroatoms. The van der Waals surface area contributed by atoms with E-state index in [4.69, 9.17) is 5.26 Å². The number of hydrogen-bond acceptors (Lipinski definition) is 3. The van der Waals surface area contributed by atoms with Gasteiger partial charge in [-0.1, -0.05) is 51.1 Å². The van der Waals surface area contributed by atoms with Crippen molar-refractivity contribution in [3.8, 4) is 29.0 Å². The minimum absolute atomic E-state index is 0.0669. The monoisotopic (exact) mass is 284 g/mol. The SMILES string of the molecule is CC(C)(C)CCn1c(O)c(C#N)c(O)c1-c1ccccc1. The van der Waals surface area contributed by atoms with Gasteiger partial charge in [0.2, 0.25) is 5.88 Å². The topological polar surface area (TPSA) is 69.2 Å². The van der Waals surface area contributed by atoms with Gasteiger partial charge in [0.05, 0.1) is 5.69 Å². The third-order valence-electron chi connectivity index (χ3n) is 3.45. The molecule has 0 atom stereocenters. The predicted octanol–water partition coefficient (Wildman–Crippen LogP) is 3.87. The molecule has 4 nitrogen and oxygen atoms in total. The molecule has 0 radical (unpaired) electrons. The zero-order chi connectivity index (χ0) is 15.6. The van der Waals surface area contributed by atoms with E-state index >= 15 is 0 Å². The number of benzene rings is 1. The molecular formula is C17H20N2O2. The second-order valence-electron chi connectivity index (χ2n) is 6.34. The maximum absolute atomic E-state index is 10.3. The molecule has 1 aromatic heterocycles. The van der Waals surface area contributed by atoms with Gasteiger partial charge in [-0.05, 0) is 11.8 Å². The molecule has 1 aromatic carbocycles. The van der Waals surface area contributed by atoms with Crippen LogP contribution in [0.1, 0.15) is 32.8 Å². The molecule has 21 heavy (non-hydrogen) atoms. The molecular weight excluding hydrogens is 264 g/mol. The molecule has 0 saturated heterocycles. The zero-order valence-corrected chi connectivity index (χ0v) is 12.6. The van der Waals surface area contributed by atoms with Crippen LogP contribution in [0, 0.1) is 16.7 Å². The van der Waals surface area contributed by atoms with Crippen LogP contribution in [-0.4, -0.2) is 14.8 Å². The molecule has 0 saturated carbocycles. The Balaban J connectivity index is 2.55. The number of aromatic nitrogens is 1. The highest BCUT2D eigenvalue weighted by Gasteiger charge is 2.24. The van der Waals surface area contributed by atoms with Gasteiger partial charge in [0.25, 0.3) is 0 Å². The van der Waals surface area contributed by atoms with Crippen molar-refractivity contribution in [3.05, 3.63) is 35.9 Å². The molecule has 0 aliphatic carbocycles. The highest BCUT2D eigenvalue weighted by atomic mass is 16.3. The predicted molar refractivity (Wildman–Crippen MR) is 82.0 cm³/mol. The summed E-state index contributed by atoms with van der Waals surface area (Å²) in [5, 5.41) is 29.6. The number of aromatic hydroxyl groups is 2. The van der Waals surface area contributed by atoms with Crippen LogP contribution in [0.2, 0.25) is 0 Å². The van der Waals surface area contributed by atoms with Gasteiger partial charge in [0, 0.05) is 12.1 Å². The molecule has 2 N–H and O–H groups in total. The lowest BCUT2D eigenvalue weighted by atomic mass is 9.92. The van der Waals surface area contributed by atoms with Crippen molar-refractivity contribution in [2.75, 3.05) is 0 Å². The highest BCUT2D eigenvalue weighted by Crippen LogP contribution is 2.41. The second kappa shape index (κ2) is 5.53. The van der Waals surface area contributed by atoms with Crippen LogP contribution < -0.4 is 0 Å². The summed E-state index contributed by atoms with van der Waals surface area (Å²) in [6, 6.07) is 11.2. The minimum Gasteiger partial charge on any atom is -0.504 e. The van der Waals surface area contributed by atoms with Crippen molar-refractivity contribution in [1.29, 1.82) is 5.26 Å². The van der Waals surface area contributed by atoms with Crippen LogP contribution in [0.15, 0.2) is 30.3 Å². The summed E-state index contributed by atoms with van der Waals surface area (Å²) >= 11 is 0. The first kappa shape index (κ1) is 15.0. The van der Waals surface area contributed by atoms with E-state index in [2.05, 4.69) is 20.8 Å². The van der Waals surface area contributed by atoms with Gasteiger partial charge < -0.3 is 14.8 Å². The van der Waals surface area contributed by atoms with Crippen molar-refractivity contribution >= 4 is 0 Å². The first-order valence-corrected chi connectivity index (χ1v) is 6.95. The van der Waals surface area contributed by atoms with Crippen LogP contribution in [0.3, 0.4) is 0 Å². The van der Waals surface area contributed by atoms with Gasteiger partial charge in [-0.2, -0.15) is 5.26 Å². The molecule has 0 aliphatic rings. The molecule has 0 amide bonds. The van der Waals surface area contributed by atoms with E-state index in [1.807, 2.05) is 36.4 Å². The van der Waals surface area contributed by atoms with E-state index in [-0.39, 0.29) is 22.6 Å². The Labute approximate surface area is 124 Å². The molecule has 1 heterocycles. The van der Waals surface area contributed by atoms with E-state index in [0.29, 0.717) is 12.2 Å². The first-order valence-electron chi connectivity index (χ1n) is 6.95. The Hall–Kier alpha value is -2.41. The van der Waals surface area contributed by atoms with Crippen molar-refractivity contribution < 1.29 is 10.2 Å². The van der Waals surface area contributed by atoms with E-state index in [1.54, 1.807) is 4.57 Å². The summed E-state index contributed by atoms with van der Waals surface area (Å²) in [7, 11) is 0. The molecule has 110 valence electrons. The average molecular weight is 284 g/mol. The summed E-state index contributed by atoms with van der Waals surface area (Å²) < 4.78 is 1.62. The smallest absolute Gasteiger partial charge is 0.213 e. The quantitative estimate of drug-likeness (QED) is 0.898. The minimum atomic E-state index is -0.168. The van der Waals surface area contributed by atoms with Crippen LogP contribution >= 0.6 is 0 Å². The summed E-state index contributed by atoms with van der Waals surface area (Å²) in [6.07, 6.45) is 0.819. The Kier molecular flexibility index (Phi) is 3.95. The normalized spacial score (nSPS) is 11.3. The molecule has 2 rings (SSSR count). The Morgan fingerprint density at radius 1 is 1.14 bits per heavy atom. The number of nitriles is 1. The maximum atomic E-state index is 10.3. The third-order valence-corrected chi connectivity index (χ3v) is 3.45. The molecule has 0 fully saturated rings. The maximum Gasteiger partial charge on any atom is 0.213 e. The van der Waals surface area contributed by atoms with Gasteiger partial charge in [0.1, 0.15) is 6.07 Å². The van der Waals surface area contributed by atoms with Gasteiger partial charge in [-0.25, -0.2) is 0 Å². The standard InChI is InChI=1S/C17H20N2O2/c1-17(2,3)9-10-19-14(12-7-5-4-6-8-12)15(20)13(11-18)16(19)21/h4-8,20-21H,9-10H2,1-3H3. The van der Waals surface area contributed by atoms with E-state index in [1.165, 1.54) is 0 Å². The van der Waals surface area contributed by atoms with Crippen LogP contribution in [0.25, 0.3) is 11.3 Å². The zero-order valence-electron chi connectivity index (χ0n) is 12.6. The fraction of sp³-hybridized carbons (Fsp3) is 0.353. The van der Waals surface area contributed by atoms with Crippen molar-refractivity contribution in [2.24, 2.45) is 5.41 Å². The third kappa shape index (κ3) is 3.03. The molecule has 0 aliphatic heterocycles. The largest absolute Gasteiger partial charge is 0.504 e. The van der Waals surface area contributed by atoms with Gasteiger partial charge in [0.15, 0.2) is 11.3 Å². The lowest BCUT2D eigenvalue weighted by molar-refractivity contribution is 0.333. The molecule has 0 bridgehead atoms. The van der Waals surface area contributed by atoms with Gasteiger partial charge in [-0.15, -0.1) is 0 Å². The van der Waals surface area contributed by atoms with E-state index in [9.17, 15) is 10.2 Å². The summed E-state index contributed by atoms with van der Waals surface area (Å²) in [4.78, 5) is 0. The van der Waals surface area contributed by atoms with E-state index < -0.39 is 0 Å². The van der Waals surface area contributed by atoms with Crippen molar-refractivity contribution in [2.45, 2.75) is 33.7 Å². The Bertz CT molecular complexity index is 674. The van der Waals surface area contributed by atoms with Crippen LogP contribution in [0.4, 0.5) is 0 Å². The van der Waals surface area contributed by atoms with Crippen LogP contribution in [-0.2, 0) is 6.54 Å². The lowest BCUT2D eigenvalue weighted by Gasteiger charge is -2.20. The Morgan fingerprint density at radius 3 is 2.29 bits per heavy atom. The van der Waals surface area contributed by atoms with Crippen molar-refractivity contribution in [1.82, 2.24) is 4.57 Å². The lowest BCUT2D eigenvalue weighted by Crippen LogP contribution is -2.11. The Morgan fingerprint density at radius 2 is 1.76 bits per heavy atom. The summed E-state index contributed by atoms with van der Waals surface area (Å²) in [5.74, 6) is -0.326. The average Bonchev–Trinajstić information content (AvgIpc) is 2.67. The summed E-state index contributed by atoms with van der Waals surface area (Å²) in [6.45, 7) is 6.87. The van der Waals surface area contributed by atoms with Crippen LogP contribution in [0.5, 0.6) is 11.6 Å². The summed E-state index contributed by atoms with van der Waals surface area (Å²) in [5.41, 5.74) is 1.30. The van der Waals surface area contributed by atoms with Gasteiger partial charge in [-0.3, -0.25) is 0 Å². The number of rotatable bonds is 3. The first-order chi connectivity index (χ1) is 9.85. The molecule has 0 unspecified atom stereocenters. The molecule has 0 spiro atoms. The van der Waals surface area contributed by atoms with Gasteiger partial charge >= 0.3 is 0 Å². The van der Waals surface area contributed by atoms with E-state index in [0.717, 1.165) is 12.0 Å². The fourth-order valence-corrected chi connectivity index (χ4v) is 2.25. The highest BCUT2D eigenvalue weighted by molar-refractivity contribution is 5.74. The second-order valence-corrected chi connectivity index (χ2v) is 6.34. The fourth-order valence-electron chi connectivity index (χ4n) is 2.25. The number of nitrogens with zero attached hydrogens (tertiary/aromatic N) is 2. The number of hydrogen-bond donors (Lipinski definition) is 2.